The van der Waals surface area contributed by atoms with Gasteiger partial charge in [0.2, 0.25) is 0 Å². The predicted molar refractivity (Wildman–Crippen MR) is 88.9 cm³/mol. The molecule has 2 N–H and O–H groups in total. The highest BCUT2D eigenvalue weighted by Crippen LogP contribution is 2.25. The largest absolute Gasteiger partial charge is 0.496 e. The van der Waals surface area contributed by atoms with E-state index in [9.17, 15) is 0 Å². The fourth-order valence-corrected chi connectivity index (χ4v) is 3.34. The highest BCUT2D eigenvalue weighted by molar-refractivity contribution is 5.35. The van der Waals surface area contributed by atoms with Crippen molar-refractivity contribution < 1.29 is 4.74 Å². The van der Waals surface area contributed by atoms with E-state index in [2.05, 4.69) is 36.6 Å². The molecule has 0 aliphatic carbocycles. The molecule has 3 unspecified atom stereocenters. The molecule has 0 amide bonds. The first-order chi connectivity index (χ1) is 10.2. The van der Waals surface area contributed by atoms with Gasteiger partial charge in [-0.15, -0.1) is 0 Å². The summed E-state index contributed by atoms with van der Waals surface area (Å²) in [6.07, 6.45) is 6.58. The van der Waals surface area contributed by atoms with E-state index in [1.54, 1.807) is 7.11 Å². The molecule has 2 rings (SSSR count). The molecular formula is C18H30N2O. The van der Waals surface area contributed by atoms with Gasteiger partial charge < -0.3 is 15.4 Å². The maximum atomic E-state index is 5.46. The minimum absolute atomic E-state index is 0.307. The first-order valence-electron chi connectivity index (χ1n) is 8.33. The van der Waals surface area contributed by atoms with E-state index in [-0.39, 0.29) is 0 Å². The summed E-state index contributed by atoms with van der Waals surface area (Å²) in [6, 6.07) is 9.75. The zero-order valence-corrected chi connectivity index (χ0v) is 13.7. The molecule has 0 bridgehead atoms. The summed E-state index contributed by atoms with van der Waals surface area (Å²) in [7, 11) is 1.74. The van der Waals surface area contributed by atoms with Gasteiger partial charge >= 0.3 is 0 Å². The number of para-hydroxylation sites is 1. The third kappa shape index (κ3) is 5.01. The number of nitrogens with one attached hydrogen (secondary N) is 2. The van der Waals surface area contributed by atoms with Gasteiger partial charge in [0.25, 0.3) is 0 Å². The van der Waals surface area contributed by atoms with Gasteiger partial charge in [-0.1, -0.05) is 31.0 Å². The smallest absolute Gasteiger partial charge is 0.123 e. The highest BCUT2D eigenvalue weighted by Gasteiger charge is 2.18. The average molecular weight is 290 g/mol. The lowest BCUT2D eigenvalue weighted by Crippen LogP contribution is -2.37. The first-order valence-corrected chi connectivity index (χ1v) is 8.33. The fraction of sp³-hybridized carbons (Fsp3) is 0.667. The van der Waals surface area contributed by atoms with Gasteiger partial charge in [-0.05, 0) is 45.7 Å². The third-order valence-corrected chi connectivity index (χ3v) is 4.44. The Kier molecular flexibility index (Phi) is 6.52. The van der Waals surface area contributed by atoms with Crippen LogP contribution < -0.4 is 15.4 Å². The minimum atomic E-state index is 0.307. The van der Waals surface area contributed by atoms with Crippen LogP contribution in [0.2, 0.25) is 0 Å². The van der Waals surface area contributed by atoms with Crippen LogP contribution in [0.15, 0.2) is 24.3 Å². The quantitative estimate of drug-likeness (QED) is 0.839. The molecule has 1 saturated heterocycles. The van der Waals surface area contributed by atoms with Crippen molar-refractivity contribution in [2.75, 3.05) is 13.7 Å². The van der Waals surface area contributed by atoms with Crippen molar-refractivity contribution in [3.8, 4) is 5.75 Å². The third-order valence-electron chi connectivity index (χ3n) is 4.44. The van der Waals surface area contributed by atoms with Gasteiger partial charge in [-0.25, -0.2) is 0 Å². The molecule has 1 aromatic rings. The van der Waals surface area contributed by atoms with Crippen molar-refractivity contribution in [1.82, 2.24) is 10.6 Å². The Morgan fingerprint density at radius 2 is 2.05 bits per heavy atom. The van der Waals surface area contributed by atoms with Crippen molar-refractivity contribution in [1.29, 1.82) is 0 Å². The number of hydrogen-bond acceptors (Lipinski definition) is 3. The van der Waals surface area contributed by atoms with Crippen molar-refractivity contribution in [2.24, 2.45) is 0 Å². The standard InChI is InChI=1S/C18H30N2O/c1-14(13-16-9-5-4-8-12-19-16)20-15(2)17-10-6-7-11-18(17)21-3/h6-7,10-11,14-16,19-20H,4-5,8-9,12-13H2,1-3H3. The molecule has 21 heavy (non-hydrogen) atoms. The van der Waals surface area contributed by atoms with Gasteiger partial charge in [0, 0.05) is 23.7 Å². The Morgan fingerprint density at radius 1 is 1.24 bits per heavy atom. The van der Waals surface area contributed by atoms with Gasteiger partial charge in [0.1, 0.15) is 5.75 Å². The Balaban J connectivity index is 1.87. The van der Waals surface area contributed by atoms with Crippen LogP contribution in [0, 0.1) is 0 Å². The van der Waals surface area contributed by atoms with E-state index in [1.165, 1.54) is 44.2 Å². The molecule has 1 aliphatic heterocycles. The number of rotatable bonds is 6. The van der Waals surface area contributed by atoms with E-state index in [0.29, 0.717) is 18.1 Å². The number of hydrogen-bond donors (Lipinski definition) is 2. The number of benzene rings is 1. The summed E-state index contributed by atoms with van der Waals surface area (Å²) in [5, 5.41) is 7.40. The maximum Gasteiger partial charge on any atom is 0.123 e. The molecule has 1 fully saturated rings. The van der Waals surface area contributed by atoms with Gasteiger partial charge in [-0.2, -0.15) is 0 Å². The molecule has 118 valence electrons. The summed E-state index contributed by atoms with van der Waals surface area (Å²) in [5.41, 5.74) is 1.24. The van der Waals surface area contributed by atoms with E-state index >= 15 is 0 Å². The van der Waals surface area contributed by atoms with Crippen molar-refractivity contribution >= 4 is 0 Å². The van der Waals surface area contributed by atoms with Crippen LogP contribution in [0.25, 0.3) is 0 Å². The number of methoxy groups -OCH3 is 1. The molecule has 3 atom stereocenters. The summed E-state index contributed by atoms with van der Waals surface area (Å²) < 4.78 is 5.46. The topological polar surface area (TPSA) is 33.3 Å². The van der Waals surface area contributed by atoms with Crippen LogP contribution in [0.3, 0.4) is 0 Å². The molecule has 0 radical (unpaired) electrons. The Hall–Kier alpha value is -1.06. The molecule has 1 heterocycles. The zero-order chi connectivity index (χ0) is 15.1. The Labute approximate surface area is 129 Å². The molecule has 0 spiro atoms. The molecule has 3 nitrogen and oxygen atoms in total. The van der Waals surface area contributed by atoms with Gasteiger partial charge in [0.05, 0.1) is 7.11 Å². The van der Waals surface area contributed by atoms with Crippen LogP contribution in [-0.4, -0.2) is 25.7 Å². The summed E-state index contributed by atoms with van der Waals surface area (Å²) in [4.78, 5) is 0. The summed E-state index contributed by atoms with van der Waals surface area (Å²) in [6.45, 7) is 5.69. The molecule has 1 aliphatic rings. The Bertz CT molecular complexity index is 413. The SMILES string of the molecule is COc1ccccc1C(C)NC(C)CC1CCCCCN1. The van der Waals surface area contributed by atoms with Crippen molar-refractivity contribution in [3.63, 3.8) is 0 Å². The summed E-state index contributed by atoms with van der Waals surface area (Å²) in [5.74, 6) is 0.970. The first kappa shape index (κ1) is 16.3. The highest BCUT2D eigenvalue weighted by atomic mass is 16.5. The summed E-state index contributed by atoms with van der Waals surface area (Å²) >= 11 is 0. The molecular weight excluding hydrogens is 260 g/mol. The lowest BCUT2D eigenvalue weighted by Gasteiger charge is -2.25. The van der Waals surface area contributed by atoms with Crippen LogP contribution >= 0.6 is 0 Å². The lowest BCUT2D eigenvalue weighted by molar-refractivity contribution is 0.367. The second kappa shape index (κ2) is 8.40. The maximum absolute atomic E-state index is 5.46. The second-order valence-corrected chi connectivity index (χ2v) is 6.27. The van der Waals surface area contributed by atoms with Crippen LogP contribution in [0.5, 0.6) is 5.75 Å². The molecule has 1 aromatic carbocycles. The van der Waals surface area contributed by atoms with E-state index in [4.69, 9.17) is 4.74 Å². The van der Waals surface area contributed by atoms with Crippen molar-refractivity contribution in [2.45, 2.75) is 64.1 Å². The fourth-order valence-electron chi connectivity index (χ4n) is 3.34. The number of ether oxygens (including phenoxy) is 1. The van der Waals surface area contributed by atoms with Crippen LogP contribution in [0.4, 0.5) is 0 Å². The molecule has 3 heteroatoms. The predicted octanol–water partition coefficient (Wildman–Crippen LogP) is 3.66. The van der Waals surface area contributed by atoms with Crippen LogP contribution in [0.1, 0.15) is 57.6 Å². The van der Waals surface area contributed by atoms with Crippen molar-refractivity contribution in [3.05, 3.63) is 29.8 Å². The van der Waals surface area contributed by atoms with E-state index < -0.39 is 0 Å². The minimum Gasteiger partial charge on any atom is -0.496 e. The van der Waals surface area contributed by atoms with E-state index in [1.807, 2.05) is 12.1 Å². The van der Waals surface area contributed by atoms with Gasteiger partial charge in [-0.3, -0.25) is 0 Å². The van der Waals surface area contributed by atoms with E-state index in [0.717, 1.165) is 5.75 Å². The molecule has 0 saturated carbocycles. The van der Waals surface area contributed by atoms with Crippen LogP contribution in [-0.2, 0) is 0 Å². The lowest BCUT2D eigenvalue weighted by atomic mass is 10.0. The molecule has 0 aromatic heterocycles. The monoisotopic (exact) mass is 290 g/mol. The zero-order valence-electron chi connectivity index (χ0n) is 13.7. The Morgan fingerprint density at radius 3 is 2.86 bits per heavy atom. The average Bonchev–Trinajstić information content (AvgIpc) is 2.75. The normalized spacial score (nSPS) is 22.3. The van der Waals surface area contributed by atoms with Gasteiger partial charge in [0.15, 0.2) is 0 Å². The second-order valence-electron chi connectivity index (χ2n) is 6.27.